The Kier molecular flexibility index (Phi) is 2.87. The summed E-state index contributed by atoms with van der Waals surface area (Å²) in [5.74, 6) is 0. The van der Waals surface area contributed by atoms with Gasteiger partial charge < -0.3 is 5.73 Å². The summed E-state index contributed by atoms with van der Waals surface area (Å²) in [7, 11) is 0. The van der Waals surface area contributed by atoms with Crippen molar-refractivity contribution in [2.24, 2.45) is 5.73 Å². The Labute approximate surface area is 71.6 Å². The first-order chi connectivity index (χ1) is 4.33. The molecule has 1 rings (SSSR count). The third-order valence-electron chi connectivity index (χ3n) is 0.884. The maximum Gasteiger partial charge on any atom is 0.0948 e. The summed E-state index contributed by atoms with van der Waals surface area (Å²) in [6.45, 7) is 0.698. The summed E-state index contributed by atoms with van der Waals surface area (Å²) in [4.78, 5) is 4.14. The number of aromatic nitrogens is 1. The first-order valence-corrected chi connectivity index (χ1v) is 4.52. The van der Waals surface area contributed by atoms with E-state index in [1.807, 2.05) is 6.20 Å². The second-order valence-electron chi connectivity index (χ2n) is 1.60. The molecule has 0 unspecified atom stereocenters. The molecule has 50 valence electrons. The van der Waals surface area contributed by atoms with Gasteiger partial charge in [0.15, 0.2) is 0 Å². The van der Waals surface area contributed by atoms with Gasteiger partial charge in [0.2, 0.25) is 0 Å². The molecule has 1 aromatic rings. The fourth-order valence-electron chi connectivity index (χ4n) is 0.527. The molecule has 0 atom stereocenters. The SMILES string of the molecule is NCCc1ncc(I)s1. The molecule has 0 aromatic carbocycles. The molecule has 2 N–H and O–H groups in total. The molecule has 0 aliphatic rings. The highest BCUT2D eigenvalue weighted by molar-refractivity contribution is 14.1. The van der Waals surface area contributed by atoms with Crippen LogP contribution in [0.15, 0.2) is 6.20 Å². The Hall–Kier alpha value is 0.320. The van der Waals surface area contributed by atoms with Crippen LogP contribution in [0.1, 0.15) is 5.01 Å². The van der Waals surface area contributed by atoms with E-state index in [0.29, 0.717) is 6.54 Å². The summed E-state index contributed by atoms with van der Waals surface area (Å²) in [6.07, 6.45) is 2.78. The minimum atomic E-state index is 0.698. The monoisotopic (exact) mass is 254 g/mol. The Balaban J connectivity index is 2.61. The van der Waals surface area contributed by atoms with E-state index in [1.165, 1.54) is 2.88 Å². The van der Waals surface area contributed by atoms with Gasteiger partial charge in [-0.2, -0.15) is 0 Å². The van der Waals surface area contributed by atoms with Crippen LogP contribution in [0.2, 0.25) is 0 Å². The normalized spacial score (nSPS) is 10.0. The maximum absolute atomic E-state index is 5.33. The van der Waals surface area contributed by atoms with Gasteiger partial charge in [-0.25, -0.2) is 4.98 Å². The van der Waals surface area contributed by atoms with Crippen LogP contribution in [-0.4, -0.2) is 11.5 Å². The van der Waals surface area contributed by atoms with Crippen LogP contribution in [0.4, 0.5) is 0 Å². The Morgan fingerprint density at radius 1 is 1.78 bits per heavy atom. The van der Waals surface area contributed by atoms with Crippen molar-refractivity contribution < 1.29 is 0 Å². The molecular weight excluding hydrogens is 247 g/mol. The zero-order chi connectivity index (χ0) is 6.69. The number of thiazole rings is 1. The molecule has 0 bridgehead atoms. The molecule has 0 amide bonds. The Bertz CT molecular complexity index is 187. The highest BCUT2D eigenvalue weighted by atomic mass is 127. The molecule has 0 aliphatic heterocycles. The van der Waals surface area contributed by atoms with Crippen molar-refractivity contribution in [3.05, 3.63) is 14.1 Å². The largest absolute Gasteiger partial charge is 0.330 e. The standard InChI is InChI=1S/C5H7IN2S/c6-4-3-8-5(9-4)1-2-7/h3H,1-2,7H2. The van der Waals surface area contributed by atoms with Gasteiger partial charge in [0.05, 0.1) is 14.1 Å². The van der Waals surface area contributed by atoms with Crippen molar-refractivity contribution in [2.75, 3.05) is 6.54 Å². The fourth-order valence-corrected chi connectivity index (χ4v) is 2.08. The summed E-state index contributed by atoms with van der Waals surface area (Å²) in [5.41, 5.74) is 5.33. The molecule has 4 heteroatoms. The van der Waals surface area contributed by atoms with Crippen molar-refractivity contribution in [3.63, 3.8) is 0 Å². The molecular formula is C5H7IN2S. The quantitative estimate of drug-likeness (QED) is 0.806. The van der Waals surface area contributed by atoms with Crippen molar-refractivity contribution >= 4 is 33.9 Å². The first kappa shape index (κ1) is 7.43. The molecule has 0 saturated heterocycles. The molecule has 0 radical (unpaired) electrons. The topological polar surface area (TPSA) is 38.9 Å². The second kappa shape index (κ2) is 3.48. The minimum Gasteiger partial charge on any atom is -0.330 e. The summed E-state index contributed by atoms with van der Waals surface area (Å²) >= 11 is 3.96. The zero-order valence-electron chi connectivity index (χ0n) is 4.80. The highest BCUT2D eigenvalue weighted by Gasteiger charge is 1.95. The van der Waals surface area contributed by atoms with Gasteiger partial charge >= 0.3 is 0 Å². The van der Waals surface area contributed by atoms with Gasteiger partial charge in [-0.15, -0.1) is 11.3 Å². The van der Waals surface area contributed by atoms with E-state index in [1.54, 1.807) is 11.3 Å². The number of rotatable bonds is 2. The smallest absolute Gasteiger partial charge is 0.0948 e. The maximum atomic E-state index is 5.33. The molecule has 2 nitrogen and oxygen atoms in total. The van der Waals surface area contributed by atoms with Crippen molar-refractivity contribution in [2.45, 2.75) is 6.42 Å². The van der Waals surface area contributed by atoms with Gasteiger partial charge in [0, 0.05) is 6.42 Å². The van der Waals surface area contributed by atoms with E-state index in [9.17, 15) is 0 Å². The van der Waals surface area contributed by atoms with E-state index in [4.69, 9.17) is 5.73 Å². The van der Waals surface area contributed by atoms with Crippen LogP contribution in [0.25, 0.3) is 0 Å². The molecule has 9 heavy (non-hydrogen) atoms. The lowest BCUT2D eigenvalue weighted by Gasteiger charge is -1.85. The predicted octanol–water partition coefficient (Wildman–Crippen LogP) is 1.25. The van der Waals surface area contributed by atoms with Crippen LogP contribution in [-0.2, 0) is 6.42 Å². The average molecular weight is 254 g/mol. The molecule has 0 saturated carbocycles. The van der Waals surface area contributed by atoms with Crippen LogP contribution < -0.4 is 5.73 Å². The van der Waals surface area contributed by atoms with Crippen molar-refractivity contribution in [1.82, 2.24) is 4.98 Å². The van der Waals surface area contributed by atoms with Crippen LogP contribution in [0.3, 0.4) is 0 Å². The average Bonchev–Trinajstić information content (AvgIpc) is 2.17. The van der Waals surface area contributed by atoms with E-state index in [-0.39, 0.29) is 0 Å². The number of hydrogen-bond donors (Lipinski definition) is 1. The fraction of sp³-hybridized carbons (Fsp3) is 0.400. The zero-order valence-corrected chi connectivity index (χ0v) is 7.78. The van der Waals surface area contributed by atoms with E-state index >= 15 is 0 Å². The van der Waals surface area contributed by atoms with Crippen molar-refractivity contribution in [1.29, 1.82) is 0 Å². The van der Waals surface area contributed by atoms with Crippen LogP contribution in [0.5, 0.6) is 0 Å². The molecule has 1 heterocycles. The Morgan fingerprint density at radius 3 is 3.00 bits per heavy atom. The number of nitrogens with zero attached hydrogens (tertiary/aromatic N) is 1. The van der Waals surface area contributed by atoms with Gasteiger partial charge in [-0.3, -0.25) is 0 Å². The molecule has 1 aromatic heterocycles. The lowest BCUT2D eigenvalue weighted by atomic mass is 10.5. The van der Waals surface area contributed by atoms with Crippen molar-refractivity contribution in [3.8, 4) is 0 Å². The number of nitrogens with two attached hydrogens (primary N) is 1. The van der Waals surface area contributed by atoms with Crippen LogP contribution >= 0.6 is 33.9 Å². The summed E-state index contributed by atoms with van der Waals surface area (Å²) < 4.78 is 1.23. The van der Waals surface area contributed by atoms with Gasteiger partial charge in [0.25, 0.3) is 0 Å². The summed E-state index contributed by atoms with van der Waals surface area (Å²) in [6, 6.07) is 0. The molecule has 0 aliphatic carbocycles. The predicted molar refractivity (Wildman–Crippen MR) is 47.6 cm³/mol. The third kappa shape index (κ3) is 2.19. The molecule has 0 fully saturated rings. The van der Waals surface area contributed by atoms with Crippen LogP contribution in [0, 0.1) is 2.88 Å². The lowest BCUT2D eigenvalue weighted by molar-refractivity contribution is 0.953. The minimum absolute atomic E-state index is 0.698. The van der Waals surface area contributed by atoms with Gasteiger partial charge in [0.1, 0.15) is 0 Å². The number of halogens is 1. The van der Waals surface area contributed by atoms with Gasteiger partial charge in [-0.05, 0) is 29.1 Å². The Morgan fingerprint density at radius 2 is 2.56 bits per heavy atom. The van der Waals surface area contributed by atoms with E-state index in [2.05, 4.69) is 27.6 Å². The second-order valence-corrected chi connectivity index (χ2v) is 4.61. The highest BCUT2D eigenvalue weighted by Crippen LogP contribution is 2.14. The summed E-state index contributed by atoms with van der Waals surface area (Å²) in [5, 5.41) is 1.14. The van der Waals surface area contributed by atoms with E-state index in [0.717, 1.165) is 11.4 Å². The molecule has 0 spiro atoms. The lowest BCUT2D eigenvalue weighted by Crippen LogP contribution is -2.01. The van der Waals surface area contributed by atoms with Gasteiger partial charge in [-0.1, -0.05) is 0 Å². The third-order valence-corrected chi connectivity index (χ3v) is 2.67. The number of hydrogen-bond acceptors (Lipinski definition) is 3. The van der Waals surface area contributed by atoms with E-state index < -0.39 is 0 Å². The first-order valence-electron chi connectivity index (χ1n) is 2.63.